The molecule has 0 saturated carbocycles. The quantitative estimate of drug-likeness (QED) is 0.389. The lowest BCUT2D eigenvalue weighted by molar-refractivity contribution is -0.125. The molecule has 5 nitrogen and oxygen atoms in total. The normalized spacial score (nSPS) is 15.9. The van der Waals surface area contributed by atoms with Crippen LogP contribution in [-0.2, 0) is 16.1 Å². The lowest BCUT2D eigenvalue weighted by atomic mass is 10.1. The van der Waals surface area contributed by atoms with Crippen molar-refractivity contribution in [1.82, 2.24) is 10.2 Å². The molecule has 2 amide bonds. The average Bonchev–Trinajstić information content (AvgIpc) is 3.26. The maximum absolute atomic E-state index is 12.5. The number of nitrogens with zero attached hydrogens (tertiary/aromatic N) is 1. The summed E-state index contributed by atoms with van der Waals surface area (Å²) in [5.41, 5.74) is 0.951. The highest BCUT2D eigenvalue weighted by Crippen LogP contribution is 2.19. The fraction of sp³-hybridized carbons (Fsp3) is 0.680. The molecule has 0 bridgehead atoms. The van der Waals surface area contributed by atoms with E-state index in [1.165, 1.54) is 51.4 Å². The molecule has 1 N–H and O–H groups in total. The van der Waals surface area contributed by atoms with Crippen molar-refractivity contribution in [3.63, 3.8) is 0 Å². The van der Waals surface area contributed by atoms with Crippen LogP contribution in [-0.4, -0.2) is 36.0 Å². The maximum atomic E-state index is 12.5. The smallest absolute Gasteiger partial charge is 0.410 e. The molecule has 30 heavy (non-hydrogen) atoms. The summed E-state index contributed by atoms with van der Waals surface area (Å²) in [7, 11) is 0. The number of ether oxygens (including phenoxy) is 1. The summed E-state index contributed by atoms with van der Waals surface area (Å²) in [6.45, 7) is 3.77. The van der Waals surface area contributed by atoms with Gasteiger partial charge in [-0.25, -0.2) is 4.79 Å². The van der Waals surface area contributed by atoms with Crippen LogP contribution >= 0.6 is 0 Å². The summed E-state index contributed by atoms with van der Waals surface area (Å²) in [5, 5.41) is 3.02. The fourth-order valence-corrected chi connectivity index (χ4v) is 4.00. The van der Waals surface area contributed by atoms with Gasteiger partial charge in [-0.2, -0.15) is 0 Å². The van der Waals surface area contributed by atoms with Gasteiger partial charge in [0.15, 0.2) is 0 Å². The molecular weight excluding hydrogens is 376 g/mol. The highest BCUT2D eigenvalue weighted by Gasteiger charge is 2.34. The van der Waals surface area contributed by atoms with E-state index in [0.717, 1.165) is 24.8 Å². The molecule has 0 aromatic heterocycles. The summed E-state index contributed by atoms with van der Waals surface area (Å²) in [6.07, 6.45) is 14.0. The molecule has 0 spiro atoms. The summed E-state index contributed by atoms with van der Waals surface area (Å²) in [5.74, 6) is -0.0416. The Labute approximate surface area is 182 Å². The van der Waals surface area contributed by atoms with E-state index in [2.05, 4.69) is 12.2 Å². The molecule has 0 unspecified atom stereocenters. The van der Waals surface area contributed by atoms with Crippen LogP contribution in [0.2, 0.25) is 0 Å². The topological polar surface area (TPSA) is 58.6 Å². The predicted molar refractivity (Wildman–Crippen MR) is 121 cm³/mol. The van der Waals surface area contributed by atoms with Crippen molar-refractivity contribution >= 4 is 12.0 Å². The van der Waals surface area contributed by atoms with Crippen LogP contribution in [0, 0.1) is 0 Å². The molecule has 0 radical (unpaired) electrons. The van der Waals surface area contributed by atoms with Crippen LogP contribution in [0.5, 0.6) is 0 Å². The third kappa shape index (κ3) is 9.19. The van der Waals surface area contributed by atoms with Crippen LogP contribution < -0.4 is 5.32 Å². The molecular formula is C25H40N2O3. The number of likely N-dealkylation sites (tertiary alicyclic amines) is 1. The highest BCUT2D eigenvalue weighted by atomic mass is 16.6. The summed E-state index contributed by atoms with van der Waals surface area (Å²) < 4.78 is 5.41. The van der Waals surface area contributed by atoms with E-state index in [1.54, 1.807) is 4.90 Å². The van der Waals surface area contributed by atoms with E-state index < -0.39 is 12.1 Å². The molecule has 1 aliphatic rings. The molecule has 168 valence electrons. The zero-order chi connectivity index (χ0) is 21.4. The standard InChI is InChI=1S/C25H40N2O3/c1-2-3-4-5-6-7-8-9-10-14-19-26-24(28)23-18-15-20-27(23)25(29)30-21-22-16-12-11-13-17-22/h11-13,16-17,23H,2-10,14-15,18-21H2,1H3,(H,26,28)/t23-/m0/s1. The highest BCUT2D eigenvalue weighted by molar-refractivity contribution is 5.86. The number of nitrogens with one attached hydrogen (secondary N) is 1. The van der Waals surface area contributed by atoms with Crippen LogP contribution in [0.1, 0.15) is 89.5 Å². The van der Waals surface area contributed by atoms with Crippen molar-refractivity contribution < 1.29 is 14.3 Å². The SMILES string of the molecule is CCCCCCCCCCCCNC(=O)[C@@H]1CCCN1C(=O)OCc1ccccc1. The van der Waals surface area contributed by atoms with Gasteiger partial charge in [0, 0.05) is 13.1 Å². The van der Waals surface area contributed by atoms with Crippen molar-refractivity contribution in [3.05, 3.63) is 35.9 Å². The molecule has 1 fully saturated rings. The van der Waals surface area contributed by atoms with Gasteiger partial charge < -0.3 is 10.1 Å². The van der Waals surface area contributed by atoms with Crippen LogP contribution in [0.4, 0.5) is 4.79 Å². The second kappa shape index (κ2) is 14.9. The Bertz CT molecular complexity index is 606. The molecule has 5 heteroatoms. The minimum Gasteiger partial charge on any atom is -0.445 e. The van der Waals surface area contributed by atoms with Gasteiger partial charge >= 0.3 is 6.09 Å². The lowest BCUT2D eigenvalue weighted by Gasteiger charge is -2.23. The lowest BCUT2D eigenvalue weighted by Crippen LogP contribution is -2.46. The number of carbonyl (C=O) groups excluding carboxylic acids is 2. The number of hydrogen-bond acceptors (Lipinski definition) is 3. The first kappa shape index (κ1) is 24.2. The van der Waals surface area contributed by atoms with E-state index >= 15 is 0 Å². The van der Waals surface area contributed by atoms with E-state index in [9.17, 15) is 9.59 Å². The fourth-order valence-electron chi connectivity index (χ4n) is 4.00. The van der Waals surface area contributed by atoms with E-state index in [1.807, 2.05) is 30.3 Å². The molecule has 1 aliphatic heterocycles. The Balaban J connectivity index is 1.55. The van der Waals surface area contributed by atoms with Crippen molar-refractivity contribution in [2.45, 2.75) is 96.6 Å². The Morgan fingerprint density at radius 3 is 2.27 bits per heavy atom. The molecule has 1 heterocycles. The first-order chi connectivity index (χ1) is 14.7. The number of hydrogen-bond donors (Lipinski definition) is 1. The van der Waals surface area contributed by atoms with E-state index in [0.29, 0.717) is 19.5 Å². The minimum atomic E-state index is -0.393. The Morgan fingerprint density at radius 1 is 0.967 bits per heavy atom. The van der Waals surface area contributed by atoms with Gasteiger partial charge in [-0.05, 0) is 24.8 Å². The number of unbranched alkanes of at least 4 members (excludes halogenated alkanes) is 9. The van der Waals surface area contributed by atoms with Gasteiger partial charge in [-0.3, -0.25) is 9.69 Å². The number of rotatable bonds is 14. The van der Waals surface area contributed by atoms with Gasteiger partial charge in [0.05, 0.1) is 0 Å². The van der Waals surface area contributed by atoms with Crippen LogP contribution in [0.15, 0.2) is 30.3 Å². The summed E-state index contributed by atoms with van der Waals surface area (Å²) in [6, 6.07) is 9.23. The van der Waals surface area contributed by atoms with E-state index in [-0.39, 0.29) is 12.5 Å². The van der Waals surface area contributed by atoms with Crippen LogP contribution in [0.3, 0.4) is 0 Å². The molecule has 2 rings (SSSR count). The zero-order valence-electron chi connectivity index (χ0n) is 18.7. The van der Waals surface area contributed by atoms with Crippen molar-refractivity contribution in [2.24, 2.45) is 0 Å². The number of carbonyl (C=O) groups is 2. The largest absolute Gasteiger partial charge is 0.445 e. The molecule has 0 aliphatic carbocycles. The Kier molecular flexibility index (Phi) is 12.0. The third-order valence-electron chi connectivity index (χ3n) is 5.82. The van der Waals surface area contributed by atoms with Gasteiger partial charge in [0.2, 0.25) is 5.91 Å². The summed E-state index contributed by atoms with van der Waals surface area (Å²) in [4.78, 5) is 26.5. The maximum Gasteiger partial charge on any atom is 0.410 e. The zero-order valence-corrected chi connectivity index (χ0v) is 18.7. The number of amides is 2. The average molecular weight is 417 g/mol. The van der Waals surface area contributed by atoms with Crippen LogP contribution in [0.25, 0.3) is 0 Å². The monoisotopic (exact) mass is 416 g/mol. The molecule has 1 saturated heterocycles. The second-order valence-electron chi connectivity index (χ2n) is 8.36. The Morgan fingerprint density at radius 2 is 1.60 bits per heavy atom. The van der Waals surface area contributed by atoms with Gasteiger partial charge in [-0.1, -0.05) is 95.0 Å². The predicted octanol–water partition coefficient (Wildman–Crippen LogP) is 5.82. The molecule has 1 atom stereocenters. The first-order valence-corrected chi connectivity index (χ1v) is 12.0. The Hall–Kier alpha value is -2.04. The van der Waals surface area contributed by atoms with Crippen molar-refractivity contribution in [3.8, 4) is 0 Å². The van der Waals surface area contributed by atoms with Gasteiger partial charge in [-0.15, -0.1) is 0 Å². The summed E-state index contributed by atoms with van der Waals surface area (Å²) >= 11 is 0. The first-order valence-electron chi connectivity index (χ1n) is 12.0. The van der Waals surface area contributed by atoms with Crippen molar-refractivity contribution in [1.29, 1.82) is 0 Å². The number of benzene rings is 1. The second-order valence-corrected chi connectivity index (χ2v) is 8.36. The molecule has 1 aromatic carbocycles. The third-order valence-corrected chi connectivity index (χ3v) is 5.82. The van der Waals surface area contributed by atoms with E-state index in [4.69, 9.17) is 4.74 Å². The minimum absolute atomic E-state index is 0.0416. The van der Waals surface area contributed by atoms with Gasteiger partial charge in [0.25, 0.3) is 0 Å². The van der Waals surface area contributed by atoms with Gasteiger partial charge in [0.1, 0.15) is 12.6 Å². The molecule has 1 aromatic rings. The van der Waals surface area contributed by atoms with Crippen molar-refractivity contribution in [2.75, 3.05) is 13.1 Å².